The van der Waals surface area contributed by atoms with Crippen molar-refractivity contribution in [3.05, 3.63) is 53.3 Å². The molecule has 170 valence electrons. The van der Waals surface area contributed by atoms with E-state index in [1.807, 2.05) is 57.2 Å². The topological polar surface area (TPSA) is 73.2 Å². The fourth-order valence-electron chi connectivity index (χ4n) is 3.99. The Morgan fingerprint density at radius 2 is 1.78 bits per heavy atom. The number of amides is 1. The van der Waals surface area contributed by atoms with Gasteiger partial charge in [0.2, 0.25) is 0 Å². The molecular formula is C25H30N2O5. The summed E-state index contributed by atoms with van der Waals surface area (Å²) in [6, 6.07) is 11.7. The predicted octanol–water partition coefficient (Wildman–Crippen LogP) is 5.36. The van der Waals surface area contributed by atoms with Crippen LogP contribution in [-0.2, 0) is 24.2 Å². The van der Waals surface area contributed by atoms with E-state index in [1.54, 1.807) is 14.2 Å². The number of benzene rings is 2. The first kappa shape index (κ1) is 22.0. The van der Waals surface area contributed by atoms with Gasteiger partial charge in [0.25, 0.3) is 0 Å². The highest BCUT2D eigenvalue weighted by Crippen LogP contribution is 2.38. The van der Waals surface area contributed by atoms with E-state index >= 15 is 0 Å². The highest BCUT2D eigenvalue weighted by Gasteiger charge is 2.24. The quantitative estimate of drug-likeness (QED) is 0.578. The fraction of sp³-hybridized carbons (Fsp3) is 0.400. The molecule has 2 aromatic carbocycles. The summed E-state index contributed by atoms with van der Waals surface area (Å²) in [5, 5.41) is 3.86. The van der Waals surface area contributed by atoms with Gasteiger partial charge in [-0.15, -0.1) is 0 Å². The molecular weight excluding hydrogens is 408 g/mol. The van der Waals surface area contributed by atoms with Gasteiger partial charge in [0.05, 0.1) is 20.8 Å². The second-order valence-corrected chi connectivity index (χ2v) is 8.99. The molecule has 0 atom stereocenters. The van der Waals surface area contributed by atoms with Gasteiger partial charge in [-0.2, -0.15) is 0 Å². The normalized spacial score (nSPS) is 14.2. The number of nitrogens with one attached hydrogen (secondary N) is 1. The number of nitrogens with zero attached hydrogens (tertiary/aromatic N) is 1. The maximum atomic E-state index is 11.9. The second kappa shape index (κ2) is 8.74. The van der Waals surface area contributed by atoms with Crippen LogP contribution in [-0.4, -0.2) is 37.4 Å². The van der Waals surface area contributed by atoms with Gasteiger partial charge in [-0.1, -0.05) is 12.1 Å². The predicted molar refractivity (Wildman–Crippen MR) is 123 cm³/mol. The van der Waals surface area contributed by atoms with Gasteiger partial charge in [0, 0.05) is 35.8 Å². The molecule has 1 aromatic heterocycles. The largest absolute Gasteiger partial charge is 0.493 e. The highest BCUT2D eigenvalue weighted by atomic mass is 16.6. The third-order valence-corrected chi connectivity index (χ3v) is 5.43. The number of methoxy groups -OCH3 is 2. The molecule has 0 aliphatic carbocycles. The molecule has 3 aromatic rings. The van der Waals surface area contributed by atoms with Gasteiger partial charge >= 0.3 is 6.09 Å². The van der Waals surface area contributed by atoms with Crippen molar-refractivity contribution in [3.63, 3.8) is 0 Å². The van der Waals surface area contributed by atoms with E-state index < -0.39 is 11.7 Å². The number of fused-ring (bicyclic) bond motifs is 3. The Bertz CT molecular complexity index is 1110. The van der Waals surface area contributed by atoms with Crippen LogP contribution in [0.25, 0.3) is 11.0 Å². The lowest BCUT2D eigenvalue weighted by Gasteiger charge is -2.26. The van der Waals surface area contributed by atoms with E-state index in [-0.39, 0.29) is 0 Å². The molecule has 1 aliphatic heterocycles. The minimum atomic E-state index is -0.524. The van der Waals surface area contributed by atoms with Crippen LogP contribution in [0.3, 0.4) is 0 Å². The number of hydrogen-bond acceptors (Lipinski definition) is 6. The molecule has 7 heteroatoms. The van der Waals surface area contributed by atoms with E-state index in [2.05, 4.69) is 10.2 Å². The molecule has 32 heavy (non-hydrogen) atoms. The van der Waals surface area contributed by atoms with Crippen LogP contribution in [0.4, 0.5) is 10.5 Å². The molecule has 4 rings (SSSR count). The molecule has 0 saturated carbocycles. The average molecular weight is 439 g/mol. The molecule has 0 spiro atoms. The number of furan rings is 1. The molecule has 0 fully saturated rings. The van der Waals surface area contributed by atoms with Crippen molar-refractivity contribution in [2.24, 2.45) is 0 Å². The molecule has 2 heterocycles. The summed E-state index contributed by atoms with van der Waals surface area (Å²) in [4.78, 5) is 14.3. The minimum absolute atomic E-state index is 0.452. The molecule has 0 unspecified atom stereocenters. The molecule has 0 saturated heterocycles. The molecule has 0 bridgehead atoms. The summed E-state index contributed by atoms with van der Waals surface area (Å²) in [6.07, 6.45) is 0.461. The summed E-state index contributed by atoms with van der Waals surface area (Å²) >= 11 is 0. The van der Waals surface area contributed by atoms with Crippen molar-refractivity contribution < 1.29 is 23.4 Å². The summed E-state index contributed by atoms with van der Waals surface area (Å²) < 4.78 is 22.3. The maximum Gasteiger partial charge on any atom is 0.412 e. The molecule has 7 nitrogen and oxygen atoms in total. The summed E-state index contributed by atoms with van der Waals surface area (Å²) in [5.74, 6) is 2.37. The Morgan fingerprint density at radius 3 is 2.44 bits per heavy atom. The van der Waals surface area contributed by atoms with Gasteiger partial charge in [-0.05, 0) is 51.0 Å². The van der Waals surface area contributed by atoms with Crippen LogP contribution in [0.1, 0.15) is 37.7 Å². The third kappa shape index (κ3) is 4.83. The number of rotatable bonds is 5. The number of carbonyl (C=O) groups excluding carboxylic acids is 1. The van der Waals surface area contributed by atoms with Crippen molar-refractivity contribution in [2.75, 3.05) is 26.1 Å². The monoisotopic (exact) mass is 438 g/mol. The van der Waals surface area contributed by atoms with E-state index in [0.29, 0.717) is 17.2 Å². The molecule has 1 amide bonds. The van der Waals surface area contributed by atoms with Crippen molar-refractivity contribution in [2.45, 2.75) is 45.9 Å². The van der Waals surface area contributed by atoms with E-state index in [9.17, 15) is 4.79 Å². The van der Waals surface area contributed by atoms with Crippen LogP contribution >= 0.6 is 0 Å². The summed E-state index contributed by atoms with van der Waals surface area (Å²) in [7, 11) is 3.27. The summed E-state index contributed by atoms with van der Waals surface area (Å²) in [5.41, 5.74) is 3.43. The lowest BCUT2D eigenvalue weighted by molar-refractivity contribution is 0.0636. The van der Waals surface area contributed by atoms with Crippen LogP contribution in [0, 0.1) is 0 Å². The van der Waals surface area contributed by atoms with E-state index in [4.69, 9.17) is 18.6 Å². The van der Waals surface area contributed by atoms with Gasteiger partial charge in [-0.25, -0.2) is 4.79 Å². The second-order valence-electron chi connectivity index (χ2n) is 8.99. The van der Waals surface area contributed by atoms with E-state index in [1.165, 1.54) is 11.1 Å². The van der Waals surface area contributed by atoms with Gasteiger partial charge < -0.3 is 18.6 Å². The molecule has 0 radical (unpaired) electrons. The lowest BCUT2D eigenvalue weighted by atomic mass is 10.0. The number of anilines is 1. The SMILES string of the molecule is COc1cc2oc3c(c2cc1OC)CCN(Cc1ccc(NC(=O)OC(C)(C)C)cc1)C3. The number of carbonyl (C=O) groups is 1. The van der Waals surface area contributed by atoms with Crippen LogP contribution in [0.5, 0.6) is 11.5 Å². The van der Waals surface area contributed by atoms with Crippen LogP contribution < -0.4 is 14.8 Å². The number of ether oxygens (including phenoxy) is 3. The van der Waals surface area contributed by atoms with E-state index in [0.717, 1.165) is 42.8 Å². The van der Waals surface area contributed by atoms with Crippen molar-refractivity contribution in [1.82, 2.24) is 4.90 Å². The summed E-state index contributed by atoms with van der Waals surface area (Å²) in [6.45, 7) is 8.01. The highest BCUT2D eigenvalue weighted by molar-refractivity contribution is 5.86. The Kier molecular flexibility index (Phi) is 6.02. The Labute approximate surface area is 188 Å². The third-order valence-electron chi connectivity index (χ3n) is 5.43. The van der Waals surface area contributed by atoms with Crippen LogP contribution in [0.15, 0.2) is 40.8 Å². The Hall–Kier alpha value is -3.19. The zero-order chi connectivity index (χ0) is 22.9. The maximum absolute atomic E-state index is 11.9. The minimum Gasteiger partial charge on any atom is -0.493 e. The number of hydrogen-bond donors (Lipinski definition) is 1. The first-order valence-corrected chi connectivity index (χ1v) is 10.7. The van der Waals surface area contributed by atoms with Crippen molar-refractivity contribution in [1.29, 1.82) is 0 Å². The smallest absolute Gasteiger partial charge is 0.412 e. The van der Waals surface area contributed by atoms with Gasteiger partial charge in [-0.3, -0.25) is 10.2 Å². The van der Waals surface area contributed by atoms with Crippen LogP contribution in [0.2, 0.25) is 0 Å². The zero-order valence-electron chi connectivity index (χ0n) is 19.3. The Morgan fingerprint density at radius 1 is 1.09 bits per heavy atom. The van der Waals surface area contributed by atoms with Gasteiger partial charge in [0.15, 0.2) is 11.5 Å². The molecule has 1 N–H and O–H groups in total. The molecule has 1 aliphatic rings. The zero-order valence-corrected chi connectivity index (χ0v) is 19.3. The fourth-order valence-corrected chi connectivity index (χ4v) is 3.99. The van der Waals surface area contributed by atoms with Gasteiger partial charge in [0.1, 0.15) is 16.9 Å². The first-order chi connectivity index (χ1) is 15.3. The average Bonchev–Trinajstić information content (AvgIpc) is 3.09. The Balaban J connectivity index is 1.42. The standard InChI is InChI=1S/C25H30N2O5/c1-25(2,3)32-24(28)26-17-8-6-16(7-9-17)14-27-11-10-18-19-12-21(29-4)22(30-5)13-20(19)31-23(18)15-27/h6-9,12-13H,10-11,14-15H2,1-5H3,(H,26,28). The lowest BCUT2D eigenvalue weighted by Crippen LogP contribution is -2.29. The first-order valence-electron chi connectivity index (χ1n) is 10.7. The van der Waals surface area contributed by atoms with Crippen molar-refractivity contribution >= 4 is 22.7 Å². The van der Waals surface area contributed by atoms with Crippen molar-refractivity contribution in [3.8, 4) is 11.5 Å².